The van der Waals surface area contributed by atoms with Crippen molar-refractivity contribution in [2.75, 3.05) is 72.1 Å². The van der Waals surface area contributed by atoms with E-state index in [2.05, 4.69) is 31.9 Å². The van der Waals surface area contributed by atoms with E-state index in [1.54, 1.807) is 79.7 Å². The Kier molecular flexibility index (Phi) is 25.6. The Labute approximate surface area is 532 Å². The molecule has 3 amide bonds. The number of furan rings is 3. The van der Waals surface area contributed by atoms with Gasteiger partial charge in [-0.1, -0.05) is 72.8 Å². The minimum atomic E-state index is -0.683. The van der Waals surface area contributed by atoms with Gasteiger partial charge in [-0.05, 0) is 77.0 Å². The molecule has 93 heavy (non-hydrogen) atoms. The topological polar surface area (TPSA) is 372 Å². The summed E-state index contributed by atoms with van der Waals surface area (Å²) in [5.74, 6) is -0.917. The number of fused-ring (bicyclic) bond motifs is 6. The van der Waals surface area contributed by atoms with Gasteiger partial charge in [-0.25, -0.2) is 14.4 Å². The second kappa shape index (κ2) is 34.0. The van der Waals surface area contributed by atoms with Crippen LogP contribution in [0.1, 0.15) is 105 Å². The van der Waals surface area contributed by atoms with Gasteiger partial charge < -0.3 is 89.0 Å². The predicted molar refractivity (Wildman–Crippen MR) is 344 cm³/mol. The molecule has 492 valence electrons. The second-order valence-corrected chi connectivity index (χ2v) is 21.1. The minimum absolute atomic E-state index is 0.0366. The van der Waals surface area contributed by atoms with E-state index in [-0.39, 0.29) is 104 Å². The molecule has 26 heteroatoms. The van der Waals surface area contributed by atoms with Crippen molar-refractivity contribution >= 4 is 119 Å². The smallest absolute Gasteiger partial charge is 0.412 e. The Morgan fingerprint density at radius 2 is 0.645 bits per heavy atom. The van der Waals surface area contributed by atoms with Crippen molar-refractivity contribution in [3.05, 3.63) is 108 Å². The minimum Gasteiger partial charge on any atom is -0.507 e. The van der Waals surface area contributed by atoms with Gasteiger partial charge in [-0.15, -0.1) is 0 Å². The number of ether oxygens (including phenoxy) is 5. The van der Waals surface area contributed by atoms with E-state index in [0.29, 0.717) is 140 Å². The van der Waals surface area contributed by atoms with E-state index in [1.165, 1.54) is 52.8 Å². The third-order valence-electron chi connectivity index (χ3n) is 13.9. The van der Waals surface area contributed by atoms with Crippen molar-refractivity contribution in [3.63, 3.8) is 0 Å². The SMILES string of the molecule is CC(=O)CCCNCCCNC(=O)Oc1c2ccccc2c(O)c2cc(C(C)=O)oc12.CC(=O)OCCNCCCNC(=O)Oc1c2ccccc2c(O)c2cc(C(C)=O)oc12.CC(=O)OCCNCCCNC(=O)Oc1c2ccccc2c(O)c2cc(C(C)=O)oc12. The fraction of sp³-hybridized carbons (Fsp3) is 0.328. The number of rotatable bonds is 28. The summed E-state index contributed by atoms with van der Waals surface area (Å²) in [7, 11) is 0. The molecule has 0 saturated heterocycles. The van der Waals surface area contributed by atoms with Gasteiger partial charge in [-0.3, -0.25) is 24.0 Å². The van der Waals surface area contributed by atoms with Gasteiger partial charge in [0.15, 0.2) is 68.6 Å². The molecule has 6 aromatic carbocycles. The maximum atomic E-state index is 12.4. The van der Waals surface area contributed by atoms with Crippen LogP contribution in [0, 0.1) is 0 Å². The summed E-state index contributed by atoms with van der Waals surface area (Å²) < 4.78 is 43.0. The highest BCUT2D eigenvalue weighted by Gasteiger charge is 2.26. The first-order valence-corrected chi connectivity index (χ1v) is 29.9. The Morgan fingerprint density at radius 3 is 0.925 bits per heavy atom. The molecule has 9 N–H and O–H groups in total. The number of benzene rings is 6. The first-order valence-electron chi connectivity index (χ1n) is 29.9. The Balaban J connectivity index is 0.000000198. The highest BCUT2D eigenvalue weighted by Crippen LogP contribution is 2.46. The van der Waals surface area contributed by atoms with Crippen LogP contribution >= 0.6 is 0 Å². The number of carbonyl (C=O) groups excluding carboxylic acids is 9. The summed E-state index contributed by atoms with van der Waals surface area (Å²) in [6.45, 7) is 13.8. The highest BCUT2D eigenvalue weighted by molar-refractivity contribution is 6.14. The van der Waals surface area contributed by atoms with Crippen LogP contribution in [0.25, 0.3) is 65.2 Å². The second-order valence-electron chi connectivity index (χ2n) is 21.1. The quantitative estimate of drug-likeness (QED) is 0.0125. The first kappa shape index (κ1) is 69.9. The van der Waals surface area contributed by atoms with Gasteiger partial charge in [0.25, 0.3) is 0 Å². The molecule has 0 aliphatic heterocycles. The van der Waals surface area contributed by atoms with Crippen LogP contribution in [-0.4, -0.2) is 141 Å². The van der Waals surface area contributed by atoms with E-state index in [9.17, 15) is 58.5 Å². The number of phenols is 3. The molecule has 3 heterocycles. The van der Waals surface area contributed by atoms with Gasteiger partial charge >= 0.3 is 30.2 Å². The Morgan fingerprint density at radius 1 is 0.366 bits per heavy atom. The molecular formula is C67H74N6O20. The van der Waals surface area contributed by atoms with Gasteiger partial charge in [0.2, 0.25) is 0 Å². The maximum absolute atomic E-state index is 12.4. The molecule has 0 aliphatic rings. The third kappa shape index (κ3) is 19.2. The number of esters is 2. The van der Waals surface area contributed by atoms with Gasteiger partial charge in [0.1, 0.15) is 36.2 Å². The number of aromatic hydroxyl groups is 3. The summed E-state index contributed by atoms with van der Waals surface area (Å²) in [4.78, 5) is 105. The maximum Gasteiger partial charge on any atom is 0.412 e. The zero-order valence-electron chi connectivity index (χ0n) is 52.3. The van der Waals surface area contributed by atoms with Gasteiger partial charge in [0, 0.05) is 106 Å². The van der Waals surface area contributed by atoms with E-state index in [0.717, 1.165) is 13.0 Å². The molecule has 0 aliphatic carbocycles. The molecule has 0 bridgehead atoms. The number of hydrogen-bond donors (Lipinski definition) is 9. The predicted octanol–water partition coefficient (Wildman–Crippen LogP) is 10.2. The zero-order valence-corrected chi connectivity index (χ0v) is 52.3. The average Bonchev–Trinajstić information content (AvgIpc) is 1.72. The van der Waals surface area contributed by atoms with Crippen molar-refractivity contribution in [2.24, 2.45) is 0 Å². The number of amides is 3. The molecule has 9 rings (SSSR count). The van der Waals surface area contributed by atoms with Crippen LogP contribution in [0.5, 0.6) is 34.5 Å². The van der Waals surface area contributed by atoms with Crippen molar-refractivity contribution < 1.29 is 95.4 Å². The summed E-state index contributed by atoms with van der Waals surface area (Å²) >= 11 is 0. The average molecular weight is 1280 g/mol. The first-order chi connectivity index (χ1) is 44.6. The summed E-state index contributed by atoms with van der Waals surface area (Å²) in [6, 6.07) is 25.0. The number of nitrogens with one attached hydrogen (secondary N) is 6. The van der Waals surface area contributed by atoms with Gasteiger partial charge in [0.05, 0.1) is 16.2 Å². The molecule has 9 aromatic rings. The fourth-order valence-corrected chi connectivity index (χ4v) is 9.47. The highest BCUT2D eigenvalue weighted by atomic mass is 16.6. The van der Waals surface area contributed by atoms with Gasteiger partial charge in [-0.2, -0.15) is 0 Å². The lowest BCUT2D eigenvalue weighted by atomic mass is 10.1. The molecule has 0 spiro atoms. The third-order valence-corrected chi connectivity index (χ3v) is 13.9. The number of ketones is 4. The van der Waals surface area contributed by atoms with Crippen molar-refractivity contribution in [2.45, 2.75) is 73.6 Å². The molecule has 0 atom stereocenters. The van der Waals surface area contributed by atoms with Crippen LogP contribution in [0.2, 0.25) is 0 Å². The molecule has 0 saturated carbocycles. The van der Waals surface area contributed by atoms with Crippen LogP contribution in [0.4, 0.5) is 14.4 Å². The van der Waals surface area contributed by atoms with Crippen LogP contribution in [0.15, 0.2) is 104 Å². The number of phenolic OH excluding ortho intramolecular Hbond substituents is 3. The molecular weight excluding hydrogens is 1210 g/mol. The molecule has 0 fully saturated rings. The van der Waals surface area contributed by atoms with Crippen molar-refractivity contribution in [3.8, 4) is 34.5 Å². The van der Waals surface area contributed by atoms with E-state index < -0.39 is 18.3 Å². The summed E-state index contributed by atoms with van der Waals surface area (Å²) in [6.07, 6.45) is 1.29. The molecule has 0 unspecified atom stereocenters. The van der Waals surface area contributed by atoms with E-state index in [4.69, 9.17) is 36.9 Å². The number of carbonyl (C=O) groups is 9. The standard InChI is InChI=1S/C23H26N2O6.2C22H24N2O7/c1-14(26)7-5-10-24-11-6-12-25-23(29)31-21-17-9-4-3-8-16(17)20(28)18-13-19(15(2)27)30-22(18)21;2*1-13(25)18-12-17-19(27)15-6-3-4-7-16(15)20(21(17)30-18)31-22(28)24-9-5-8-23-10-11-29-14(2)26/h3-4,8-9,13,24,28H,5-7,10-12H2,1-2H3,(H,25,29);2*3-4,6-7,12,23,27H,5,8-11H2,1-2H3,(H,24,28). The van der Waals surface area contributed by atoms with Crippen molar-refractivity contribution in [1.82, 2.24) is 31.9 Å². The van der Waals surface area contributed by atoms with E-state index in [1.807, 2.05) is 0 Å². The van der Waals surface area contributed by atoms with Crippen LogP contribution in [-0.2, 0) is 23.9 Å². The lowest BCUT2D eigenvalue weighted by Crippen LogP contribution is -2.30. The number of hydrogen-bond acceptors (Lipinski definition) is 23. The zero-order chi connectivity index (χ0) is 67.1. The number of Topliss-reactive ketones (excluding diaryl/α,β-unsaturated/α-hetero) is 4. The largest absolute Gasteiger partial charge is 0.507 e. The molecule has 0 radical (unpaired) electrons. The Hall–Kier alpha value is -10.6. The molecule has 3 aromatic heterocycles. The normalized spacial score (nSPS) is 10.9. The fourth-order valence-electron chi connectivity index (χ4n) is 9.47. The summed E-state index contributed by atoms with van der Waals surface area (Å²) in [5.41, 5.74) is 0.399. The lowest BCUT2D eigenvalue weighted by molar-refractivity contribution is -0.141. The Bertz CT molecular complexity index is 3780. The van der Waals surface area contributed by atoms with Crippen molar-refractivity contribution in [1.29, 1.82) is 0 Å². The molecule has 26 nitrogen and oxygen atoms in total. The monoisotopic (exact) mass is 1280 g/mol. The summed E-state index contributed by atoms with van der Waals surface area (Å²) in [5, 5.41) is 53.0. The van der Waals surface area contributed by atoms with E-state index >= 15 is 0 Å². The van der Waals surface area contributed by atoms with Crippen LogP contribution in [0.3, 0.4) is 0 Å². The lowest BCUT2D eigenvalue weighted by Gasteiger charge is -2.11. The van der Waals surface area contributed by atoms with Crippen LogP contribution < -0.4 is 46.1 Å².